The molecular weight excluding hydrogens is 463 g/mol. The summed E-state index contributed by atoms with van der Waals surface area (Å²) in [6, 6.07) is 6.19. The van der Waals surface area contributed by atoms with E-state index >= 15 is 0 Å². The van der Waals surface area contributed by atoms with Crippen LogP contribution in [0.1, 0.15) is 12.8 Å². The zero-order valence-electron chi connectivity index (χ0n) is 16.6. The number of benzene rings is 1. The number of rotatable bonds is 8. The van der Waals surface area contributed by atoms with Gasteiger partial charge in [-0.25, -0.2) is 10.2 Å². The molecule has 3 N–H and O–H groups in total. The van der Waals surface area contributed by atoms with Crippen molar-refractivity contribution >= 4 is 29.5 Å². The molecule has 0 aliphatic carbocycles. The van der Waals surface area contributed by atoms with Crippen LogP contribution in [0, 0.1) is 0 Å². The average molecular weight is 484 g/mol. The number of hydrazine groups is 1. The number of halogens is 4. The maximum Gasteiger partial charge on any atom is 0.522 e. The summed E-state index contributed by atoms with van der Waals surface area (Å²) in [5.41, 5.74) is 3.92. The second-order valence-electron chi connectivity index (χ2n) is 6.45. The number of hydrogen-bond acceptors (Lipinski definition) is 7. The molecule has 1 fully saturated rings. The lowest BCUT2D eigenvalue weighted by molar-refractivity contribution is -0.326. The predicted octanol–water partition coefficient (Wildman–Crippen LogP) is 1.68. The predicted molar refractivity (Wildman–Crippen MR) is 102 cm³/mol. The van der Waals surface area contributed by atoms with E-state index in [1.807, 2.05) is 10.9 Å². The van der Waals surface area contributed by atoms with Gasteiger partial charge in [-0.15, -0.1) is 13.2 Å². The lowest BCUT2D eigenvalue weighted by Crippen LogP contribution is -2.51. The number of hydrogen-bond donors (Lipinski definition) is 3. The van der Waals surface area contributed by atoms with Crippen molar-refractivity contribution in [2.75, 3.05) is 26.4 Å². The van der Waals surface area contributed by atoms with E-state index in [0.717, 1.165) is 0 Å². The maximum atomic E-state index is 12.0. The first-order chi connectivity index (χ1) is 15.1. The topological polar surface area (TPSA) is 124 Å². The van der Waals surface area contributed by atoms with E-state index in [4.69, 9.17) is 21.1 Å². The highest BCUT2D eigenvalue weighted by Gasteiger charge is 2.29. The second-order valence-corrected chi connectivity index (χ2v) is 6.89. The zero-order chi connectivity index (χ0) is 23.6. The van der Waals surface area contributed by atoms with Crippen molar-refractivity contribution in [1.82, 2.24) is 16.2 Å². The van der Waals surface area contributed by atoms with E-state index in [0.29, 0.717) is 17.2 Å². The van der Waals surface area contributed by atoms with E-state index in [9.17, 15) is 27.6 Å². The SMILES string of the molecule is O=C(COc1ccc(Cl)cc1)N[C@@H]1CC[C@@H](C(=O)NNC(=O)OCCOC(F)(F)F)OC1. The molecule has 14 heteroatoms. The summed E-state index contributed by atoms with van der Waals surface area (Å²) < 4.78 is 53.9. The van der Waals surface area contributed by atoms with Gasteiger partial charge in [0.1, 0.15) is 18.5 Å². The quantitative estimate of drug-likeness (QED) is 0.379. The Kier molecular flexibility index (Phi) is 9.81. The van der Waals surface area contributed by atoms with Gasteiger partial charge in [-0.1, -0.05) is 11.6 Å². The Bertz CT molecular complexity index is 772. The van der Waals surface area contributed by atoms with E-state index in [-0.39, 0.29) is 31.6 Å². The summed E-state index contributed by atoms with van der Waals surface area (Å²) in [4.78, 5) is 35.3. The zero-order valence-corrected chi connectivity index (χ0v) is 17.3. The Morgan fingerprint density at radius 2 is 1.81 bits per heavy atom. The van der Waals surface area contributed by atoms with Crippen LogP contribution in [0.25, 0.3) is 0 Å². The Balaban J connectivity index is 1.58. The van der Waals surface area contributed by atoms with Crippen LogP contribution in [-0.2, 0) is 23.8 Å². The third-order valence-corrected chi connectivity index (χ3v) is 4.24. The van der Waals surface area contributed by atoms with Crippen LogP contribution in [0.4, 0.5) is 18.0 Å². The molecule has 0 aromatic heterocycles. The Morgan fingerprint density at radius 3 is 2.44 bits per heavy atom. The van der Waals surface area contributed by atoms with E-state index in [1.54, 1.807) is 24.3 Å². The van der Waals surface area contributed by atoms with E-state index < -0.39 is 37.7 Å². The molecule has 178 valence electrons. The first-order valence-electron chi connectivity index (χ1n) is 9.35. The summed E-state index contributed by atoms with van der Waals surface area (Å²) in [6.45, 7) is -1.69. The minimum Gasteiger partial charge on any atom is -0.484 e. The van der Waals surface area contributed by atoms with Crippen molar-refractivity contribution in [2.45, 2.75) is 31.3 Å². The minimum atomic E-state index is -4.83. The molecule has 0 saturated carbocycles. The summed E-state index contributed by atoms with van der Waals surface area (Å²) >= 11 is 5.77. The molecular formula is C18H21ClF3N3O7. The average Bonchev–Trinajstić information content (AvgIpc) is 2.74. The van der Waals surface area contributed by atoms with Gasteiger partial charge in [-0.05, 0) is 37.1 Å². The molecule has 2 atom stereocenters. The van der Waals surface area contributed by atoms with Crippen LogP contribution < -0.4 is 20.9 Å². The fraction of sp³-hybridized carbons (Fsp3) is 0.500. The first-order valence-corrected chi connectivity index (χ1v) is 9.73. The van der Waals surface area contributed by atoms with Crippen molar-refractivity contribution in [2.24, 2.45) is 0 Å². The van der Waals surface area contributed by atoms with Gasteiger partial charge in [-0.3, -0.25) is 19.8 Å². The van der Waals surface area contributed by atoms with Crippen molar-refractivity contribution in [3.05, 3.63) is 29.3 Å². The molecule has 1 aromatic rings. The highest BCUT2D eigenvalue weighted by Crippen LogP contribution is 2.17. The summed E-state index contributed by atoms with van der Waals surface area (Å²) in [6.07, 6.45) is -6.18. The maximum absolute atomic E-state index is 12.0. The molecule has 32 heavy (non-hydrogen) atoms. The van der Waals surface area contributed by atoms with E-state index in [2.05, 4.69) is 14.8 Å². The molecule has 0 radical (unpaired) electrons. The minimum absolute atomic E-state index is 0.0595. The monoisotopic (exact) mass is 483 g/mol. The largest absolute Gasteiger partial charge is 0.522 e. The van der Waals surface area contributed by atoms with Gasteiger partial charge >= 0.3 is 12.5 Å². The molecule has 0 spiro atoms. The Morgan fingerprint density at radius 1 is 1.09 bits per heavy atom. The molecule has 1 aliphatic heterocycles. The van der Waals surface area contributed by atoms with Gasteiger partial charge in [0.25, 0.3) is 11.8 Å². The Labute approximate surface area is 185 Å². The molecule has 1 heterocycles. The molecule has 0 unspecified atom stereocenters. The molecule has 1 aliphatic rings. The van der Waals surface area contributed by atoms with Crippen LogP contribution in [0.2, 0.25) is 5.02 Å². The van der Waals surface area contributed by atoms with Gasteiger partial charge in [0.2, 0.25) is 0 Å². The summed E-state index contributed by atoms with van der Waals surface area (Å²) in [5, 5.41) is 3.26. The fourth-order valence-electron chi connectivity index (χ4n) is 2.54. The molecule has 0 bridgehead atoms. The molecule has 3 amide bonds. The van der Waals surface area contributed by atoms with Gasteiger partial charge in [0, 0.05) is 5.02 Å². The van der Waals surface area contributed by atoms with Crippen LogP contribution in [-0.4, -0.2) is 62.8 Å². The van der Waals surface area contributed by atoms with Gasteiger partial charge < -0.3 is 19.5 Å². The molecule has 1 saturated heterocycles. The smallest absolute Gasteiger partial charge is 0.484 e. The number of ether oxygens (including phenoxy) is 4. The molecule has 2 rings (SSSR count). The van der Waals surface area contributed by atoms with E-state index in [1.165, 1.54) is 0 Å². The van der Waals surface area contributed by atoms with Crippen LogP contribution in [0.5, 0.6) is 5.75 Å². The van der Waals surface area contributed by atoms with Gasteiger partial charge in [0.05, 0.1) is 19.3 Å². The highest BCUT2D eigenvalue weighted by atomic mass is 35.5. The number of alkyl halides is 3. The molecule has 10 nitrogen and oxygen atoms in total. The third kappa shape index (κ3) is 10.0. The van der Waals surface area contributed by atoms with Crippen LogP contribution >= 0.6 is 11.6 Å². The van der Waals surface area contributed by atoms with Gasteiger partial charge in [0.15, 0.2) is 6.61 Å². The van der Waals surface area contributed by atoms with Crippen molar-refractivity contribution in [1.29, 1.82) is 0 Å². The van der Waals surface area contributed by atoms with Crippen molar-refractivity contribution < 1.29 is 46.5 Å². The Hall–Kier alpha value is -2.77. The van der Waals surface area contributed by atoms with Crippen LogP contribution in [0.3, 0.4) is 0 Å². The lowest BCUT2D eigenvalue weighted by atomic mass is 10.0. The normalized spacial score (nSPS) is 18.4. The van der Waals surface area contributed by atoms with Gasteiger partial charge in [-0.2, -0.15) is 0 Å². The second kappa shape index (κ2) is 12.3. The third-order valence-electron chi connectivity index (χ3n) is 3.99. The number of amides is 3. The number of nitrogens with one attached hydrogen (secondary N) is 3. The first kappa shape index (κ1) is 25.5. The fourth-order valence-corrected chi connectivity index (χ4v) is 2.67. The number of carbonyl (C=O) groups excluding carboxylic acids is 3. The lowest BCUT2D eigenvalue weighted by Gasteiger charge is -2.28. The standard InChI is InChI=1S/C18H21ClF3N3O7/c19-11-1-4-13(5-2-11)30-10-15(26)23-12-3-6-14(31-9-12)16(27)24-25-17(28)29-7-8-32-18(20,21)22/h1-2,4-5,12,14H,3,6-10H2,(H,23,26)(H,24,27)(H,25,28)/t12-,14+/m1/s1. The van der Waals surface area contributed by atoms with Crippen LogP contribution in [0.15, 0.2) is 24.3 Å². The summed E-state index contributed by atoms with van der Waals surface area (Å²) in [5.74, 6) is -0.556. The van der Waals surface area contributed by atoms with Crippen molar-refractivity contribution in [3.63, 3.8) is 0 Å². The van der Waals surface area contributed by atoms with Crippen molar-refractivity contribution in [3.8, 4) is 5.75 Å². The summed E-state index contributed by atoms with van der Waals surface area (Å²) in [7, 11) is 0. The highest BCUT2D eigenvalue weighted by molar-refractivity contribution is 6.30. The molecule has 1 aromatic carbocycles. The number of carbonyl (C=O) groups is 3.